The number of rotatable bonds is 2. The normalized spacial score (nSPS) is 25.1. The lowest BCUT2D eigenvalue weighted by molar-refractivity contribution is 0.0445. The van der Waals surface area contributed by atoms with Crippen molar-refractivity contribution in [2.24, 2.45) is 11.3 Å². The van der Waals surface area contributed by atoms with Gasteiger partial charge in [0.15, 0.2) is 11.5 Å². The van der Waals surface area contributed by atoms with Crippen molar-refractivity contribution >= 4 is 11.8 Å². The Labute approximate surface area is 112 Å². The van der Waals surface area contributed by atoms with Crippen LogP contribution in [0.15, 0.2) is 12.1 Å². The standard InChI is InChI=1S/C14H19N3O2/c1-10-5-8-17(9-14(10)6-2-7-14)12-4-3-11(13(18)19)15-16-12/h3-4,10H,2,5-9H2,1H3,(H,18,19). The predicted molar refractivity (Wildman–Crippen MR) is 71.3 cm³/mol. The zero-order valence-electron chi connectivity index (χ0n) is 11.2. The number of carboxylic acids is 1. The first-order valence-electron chi connectivity index (χ1n) is 6.93. The topological polar surface area (TPSA) is 66.3 Å². The van der Waals surface area contributed by atoms with Gasteiger partial charge in [0.2, 0.25) is 0 Å². The van der Waals surface area contributed by atoms with Crippen LogP contribution in [0, 0.1) is 11.3 Å². The highest BCUT2D eigenvalue weighted by atomic mass is 16.4. The van der Waals surface area contributed by atoms with Gasteiger partial charge in [0.25, 0.3) is 0 Å². The molecule has 5 nitrogen and oxygen atoms in total. The number of nitrogens with zero attached hydrogens (tertiary/aromatic N) is 3. The zero-order chi connectivity index (χ0) is 13.5. The average Bonchev–Trinajstić information content (AvgIpc) is 2.37. The van der Waals surface area contributed by atoms with Crippen molar-refractivity contribution in [2.75, 3.05) is 18.0 Å². The van der Waals surface area contributed by atoms with Gasteiger partial charge in [0.05, 0.1) is 0 Å². The van der Waals surface area contributed by atoms with E-state index in [1.54, 1.807) is 6.07 Å². The van der Waals surface area contributed by atoms with E-state index in [2.05, 4.69) is 22.0 Å². The first-order valence-corrected chi connectivity index (χ1v) is 6.93. The Balaban J connectivity index is 1.77. The number of piperidine rings is 1. The number of anilines is 1. The van der Waals surface area contributed by atoms with Crippen molar-refractivity contribution in [3.8, 4) is 0 Å². The largest absolute Gasteiger partial charge is 0.476 e. The molecule has 1 saturated carbocycles. The molecule has 2 aliphatic rings. The van der Waals surface area contributed by atoms with Crippen LogP contribution in [0.25, 0.3) is 0 Å². The van der Waals surface area contributed by atoms with Gasteiger partial charge in [-0.3, -0.25) is 0 Å². The minimum atomic E-state index is -1.03. The van der Waals surface area contributed by atoms with Gasteiger partial charge in [-0.2, -0.15) is 0 Å². The van der Waals surface area contributed by atoms with Crippen molar-refractivity contribution < 1.29 is 9.90 Å². The summed E-state index contributed by atoms with van der Waals surface area (Å²) in [6.45, 7) is 4.38. The van der Waals surface area contributed by atoms with Crippen LogP contribution in [0.2, 0.25) is 0 Å². The number of carbonyl (C=O) groups is 1. The molecule has 1 unspecified atom stereocenters. The third-order valence-electron chi connectivity index (χ3n) is 4.93. The number of hydrogen-bond acceptors (Lipinski definition) is 4. The summed E-state index contributed by atoms with van der Waals surface area (Å²) in [5, 5.41) is 16.7. The van der Waals surface area contributed by atoms with Gasteiger partial charge in [-0.1, -0.05) is 13.3 Å². The van der Waals surface area contributed by atoms with E-state index in [0.29, 0.717) is 5.41 Å². The Morgan fingerprint density at radius 1 is 1.42 bits per heavy atom. The number of aromatic carboxylic acids is 1. The molecule has 1 saturated heterocycles. The molecule has 1 atom stereocenters. The van der Waals surface area contributed by atoms with E-state index < -0.39 is 5.97 Å². The lowest BCUT2D eigenvalue weighted by Gasteiger charge is -2.53. The van der Waals surface area contributed by atoms with Crippen molar-refractivity contribution in [2.45, 2.75) is 32.6 Å². The fraction of sp³-hybridized carbons (Fsp3) is 0.643. The summed E-state index contributed by atoms with van der Waals surface area (Å²) in [5.74, 6) is 0.564. The molecule has 5 heteroatoms. The second kappa shape index (κ2) is 4.47. The molecule has 0 bridgehead atoms. The zero-order valence-corrected chi connectivity index (χ0v) is 11.2. The predicted octanol–water partition coefficient (Wildman–Crippen LogP) is 2.19. The molecular formula is C14H19N3O2. The molecule has 1 aromatic heterocycles. The third kappa shape index (κ3) is 2.07. The summed E-state index contributed by atoms with van der Waals surface area (Å²) in [6, 6.07) is 3.31. The molecule has 1 aliphatic carbocycles. The van der Waals surface area contributed by atoms with Crippen molar-refractivity contribution in [1.29, 1.82) is 0 Å². The van der Waals surface area contributed by atoms with Gasteiger partial charge in [0, 0.05) is 13.1 Å². The molecule has 3 rings (SSSR count). The lowest BCUT2D eigenvalue weighted by atomic mass is 9.59. The first-order chi connectivity index (χ1) is 9.11. The molecule has 1 aliphatic heterocycles. The van der Waals surface area contributed by atoms with Crippen molar-refractivity contribution in [3.05, 3.63) is 17.8 Å². The second-order valence-corrected chi connectivity index (χ2v) is 5.91. The molecule has 0 amide bonds. The van der Waals surface area contributed by atoms with Crippen molar-refractivity contribution in [1.82, 2.24) is 10.2 Å². The molecular weight excluding hydrogens is 242 g/mol. The number of aromatic nitrogens is 2. The first kappa shape index (κ1) is 12.4. The van der Waals surface area contributed by atoms with E-state index in [1.165, 1.54) is 31.7 Å². The Hall–Kier alpha value is -1.65. The Morgan fingerprint density at radius 2 is 2.21 bits per heavy atom. The molecule has 0 radical (unpaired) electrons. The van der Waals surface area contributed by atoms with Crippen LogP contribution in [0.1, 0.15) is 43.1 Å². The number of hydrogen-bond donors (Lipinski definition) is 1. The SMILES string of the molecule is CC1CCN(c2ccc(C(=O)O)nn2)CC12CCC2. The molecule has 2 fully saturated rings. The van der Waals surface area contributed by atoms with Crippen LogP contribution >= 0.6 is 0 Å². The van der Waals surface area contributed by atoms with Crippen LogP contribution in [-0.2, 0) is 0 Å². The Morgan fingerprint density at radius 3 is 2.74 bits per heavy atom. The van der Waals surface area contributed by atoms with Gasteiger partial charge >= 0.3 is 5.97 Å². The minimum absolute atomic E-state index is 0.00693. The summed E-state index contributed by atoms with van der Waals surface area (Å²) in [7, 11) is 0. The van der Waals surface area contributed by atoms with E-state index in [0.717, 1.165) is 24.8 Å². The molecule has 2 heterocycles. The maximum Gasteiger partial charge on any atom is 0.356 e. The molecule has 102 valence electrons. The quantitative estimate of drug-likeness (QED) is 0.884. The minimum Gasteiger partial charge on any atom is -0.476 e. The fourth-order valence-corrected chi connectivity index (χ4v) is 3.36. The maximum absolute atomic E-state index is 10.8. The van der Waals surface area contributed by atoms with Crippen LogP contribution in [0.5, 0.6) is 0 Å². The highest BCUT2D eigenvalue weighted by molar-refractivity contribution is 5.85. The Bertz CT molecular complexity index is 482. The van der Waals surface area contributed by atoms with Gasteiger partial charge in [-0.05, 0) is 42.7 Å². The van der Waals surface area contributed by atoms with Crippen LogP contribution in [-0.4, -0.2) is 34.4 Å². The molecule has 19 heavy (non-hydrogen) atoms. The monoisotopic (exact) mass is 261 g/mol. The van der Waals surface area contributed by atoms with Crippen LogP contribution < -0.4 is 4.90 Å². The third-order valence-corrected chi connectivity index (χ3v) is 4.93. The summed E-state index contributed by atoms with van der Waals surface area (Å²) in [5.41, 5.74) is 0.471. The van der Waals surface area contributed by atoms with E-state index >= 15 is 0 Å². The molecule has 1 N–H and O–H groups in total. The van der Waals surface area contributed by atoms with E-state index in [9.17, 15) is 4.79 Å². The highest BCUT2D eigenvalue weighted by Gasteiger charge is 2.45. The van der Waals surface area contributed by atoms with Crippen LogP contribution in [0.4, 0.5) is 5.82 Å². The maximum atomic E-state index is 10.8. The van der Waals surface area contributed by atoms with Gasteiger partial charge in [0.1, 0.15) is 0 Å². The summed E-state index contributed by atoms with van der Waals surface area (Å²) in [4.78, 5) is 13.0. The van der Waals surface area contributed by atoms with E-state index in [-0.39, 0.29) is 5.69 Å². The highest BCUT2D eigenvalue weighted by Crippen LogP contribution is 2.51. The fourth-order valence-electron chi connectivity index (χ4n) is 3.36. The van der Waals surface area contributed by atoms with Gasteiger partial charge in [-0.25, -0.2) is 4.79 Å². The molecule has 1 spiro atoms. The second-order valence-electron chi connectivity index (χ2n) is 5.91. The van der Waals surface area contributed by atoms with Gasteiger partial charge in [-0.15, -0.1) is 10.2 Å². The van der Waals surface area contributed by atoms with Gasteiger partial charge < -0.3 is 10.0 Å². The lowest BCUT2D eigenvalue weighted by Crippen LogP contribution is -2.52. The smallest absolute Gasteiger partial charge is 0.356 e. The van der Waals surface area contributed by atoms with Crippen molar-refractivity contribution in [3.63, 3.8) is 0 Å². The van der Waals surface area contributed by atoms with E-state index in [1.807, 2.05) is 0 Å². The molecule has 1 aromatic rings. The molecule has 0 aromatic carbocycles. The number of carboxylic acid groups (broad SMARTS) is 1. The van der Waals surface area contributed by atoms with E-state index in [4.69, 9.17) is 5.11 Å². The Kier molecular flexibility index (Phi) is 2.92. The van der Waals surface area contributed by atoms with Crippen LogP contribution in [0.3, 0.4) is 0 Å². The summed E-state index contributed by atoms with van der Waals surface area (Å²) >= 11 is 0. The summed E-state index contributed by atoms with van der Waals surface area (Å²) < 4.78 is 0. The summed E-state index contributed by atoms with van der Waals surface area (Å²) in [6.07, 6.45) is 5.14. The average molecular weight is 261 g/mol.